The van der Waals surface area contributed by atoms with E-state index in [-0.39, 0.29) is 22.9 Å². The minimum atomic E-state index is -0.218. The topological polar surface area (TPSA) is 59.3 Å². The number of pyridine rings is 1. The largest absolute Gasteiger partial charge is 0.270 e. The van der Waals surface area contributed by atoms with Crippen molar-refractivity contribution in [3.05, 3.63) is 100 Å². The van der Waals surface area contributed by atoms with Gasteiger partial charge in [-0.3, -0.25) is 15.2 Å². The quantitative estimate of drug-likeness (QED) is 0.453. The highest BCUT2D eigenvalue weighted by atomic mass is 79.9. The second-order valence-electron chi connectivity index (χ2n) is 6.18. The average Bonchev–Trinajstić information content (AvgIpc) is 3.13. The number of benzene rings is 2. The Balaban J connectivity index is 0.00000240. The molecule has 0 atom stereocenters. The van der Waals surface area contributed by atoms with Gasteiger partial charge in [0.25, 0.3) is 5.91 Å². The number of aryl methyl sites for hydroxylation is 1. The van der Waals surface area contributed by atoms with Gasteiger partial charge in [0, 0.05) is 28.9 Å². The van der Waals surface area contributed by atoms with Gasteiger partial charge in [-0.15, -0.1) is 28.3 Å². The van der Waals surface area contributed by atoms with Crippen LogP contribution in [0.3, 0.4) is 0 Å². The van der Waals surface area contributed by atoms with Crippen LogP contribution in [0.1, 0.15) is 15.9 Å². The van der Waals surface area contributed by atoms with E-state index in [0.29, 0.717) is 10.4 Å². The van der Waals surface area contributed by atoms with Gasteiger partial charge >= 0.3 is 0 Å². The van der Waals surface area contributed by atoms with Crippen molar-refractivity contribution in [1.82, 2.24) is 9.66 Å². The Morgan fingerprint density at radius 1 is 1.00 bits per heavy atom. The Hall–Kier alpha value is -3.03. The Morgan fingerprint density at radius 2 is 1.69 bits per heavy atom. The number of rotatable bonds is 4. The standard InChI is InChI=1S/C22H18N4OS.BrH/c1-16-7-5-6-10-19(16)24-22-26(25-21(27)18-11-13-23-14-12-18)20(15-28-22)17-8-3-2-4-9-17;/h2-15H,1H3,(H,25,27);1H. The maximum Gasteiger partial charge on any atom is 0.270 e. The smallest absolute Gasteiger partial charge is 0.267 e. The zero-order valence-electron chi connectivity index (χ0n) is 15.6. The Labute approximate surface area is 183 Å². The summed E-state index contributed by atoms with van der Waals surface area (Å²) in [5.74, 6) is -0.218. The van der Waals surface area contributed by atoms with Gasteiger partial charge in [-0.25, -0.2) is 9.67 Å². The van der Waals surface area contributed by atoms with E-state index in [2.05, 4.69) is 10.4 Å². The summed E-state index contributed by atoms with van der Waals surface area (Å²) in [6.45, 7) is 2.02. The maximum atomic E-state index is 12.8. The lowest BCUT2D eigenvalue weighted by molar-refractivity contribution is 0.101. The molecule has 0 aliphatic carbocycles. The van der Waals surface area contributed by atoms with Crippen LogP contribution >= 0.6 is 28.3 Å². The van der Waals surface area contributed by atoms with Crippen LogP contribution in [0, 0.1) is 6.92 Å². The highest BCUT2D eigenvalue weighted by molar-refractivity contribution is 8.93. The van der Waals surface area contributed by atoms with Gasteiger partial charge in [-0.05, 0) is 30.7 Å². The van der Waals surface area contributed by atoms with Crippen molar-refractivity contribution in [3.8, 4) is 11.3 Å². The highest BCUT2D eigenvalue weighted by Crippen LogP contribution is 2.21. The number of hydrogen-bond acceptors (Lipinski definition) is 4. The summed E-state index contributed by atoms with van der Waals surface area (Å²) >= 11 is 1.48. The van der Waals surface area contributed by atoms with E-state index < -0.39 is 0 Å². The summed E-state index contributed by atoms with van der Waals surface area (Å²) in [5.41, 5.74) is 7.34. The number of carbonyl (C=O) groups is 1. The average molecular weight is 467 g/mol. The third-order valence-electron chi connectivity index (χ3n) is 4.27. The number of aromatic nitrogens is 2. The molecule has 0 fully saturated rings. The SMILES string of the molecule is Br.Cc1ccccc1N=c1scc(-c2ccccc2)n1NC(=O)c1ccncc1. The molecule has 4 aromatic rings. The molecular weight excluding hydrogens is 448 g/mol. The molecule has 2 heterocycles. The number of nitrogens with one attached hydrogen (secondary N) is 1. The fourth-order valence-corrected chi connectivity index (χ4v) is 3.63. The first-order chi connectivity index (χ1) is 13.7. The van der Waals surface area contributed by atoms with E-state index in [1.165, 1.54) is 11.3 Å². The molecule has 0 bridgehead atoms. The van der Waals surface area contributed by atoms with Crippen molar-refractivity contribution in [3.63, 3.8) is 0 Å². The predicted molar refractivity (Wildman–Crippen MR) is 122 cm³/mol. The van der Waals surface area contributed by atoms with Gasteiger partial charge in [-0.1, -0.05) is 48.5 Å². The number of thiazole rings is 1. The second-order valence-corrected chi connectivity index (χ2v) is 7.02. The van der Waals surface area contributed by atoms with Gasteiger partial charge in [0.15, 0.2) is 0 Å². The van der Waals surface area contributed by atoms with E-state index >= 15 is 0 Å². The minimum Gasteiger partial charge on any atom is -0.267 e. The number of nitrogens with zero attached hydrogens (tertiary/aromatic N) is 3. The molecule has 0 spiro atoms. The summed E-state index contributed by atoms with van der Waals surface area (Å²) in [6.07, 6.45) is 3.20. The molecule has 146 valence electrons. The van der Waals surface area contributed by atoms with E-state index in [4.69, 9.17) is 4.99 Å². The van der Waals surface area contributed by atoms with E-state index in [1.54, 1.807) is 29.2 Å². The molecule has 29 heavy (non-hydrogen) atoms. The van der Waals surface area contributed by atoms with Crippen molar-refractivity contribution in [2.24, 2.45) is 4.99 Å². The van der Waals surface area contributed by atoms with Crippen LogP contribution in [0.4, 0.5) is 5.69 Å². The molecule has 4 rings (SSSR count). The molecule has 1 amide bonds. The molecule has 0 saturated carbocycles. The predicted octanol–water partition coefficient (Wildman–Crippen LogP) is 5.11. The van der Waals surface area contributed by atoms with Crippen molar-refractivity contribution < 1.29 is 4.79 Å². The molecule has 0 saturated heterocycles. The van der Waals surface area contributed by atoms with Crippen LogP contribution in [0.2, 0.25) is 0 Å². The Bertz CT molecular complexity index is 1170. The Morgan fingerprint density at radius 3 is 2.41 bits per heavy atom. The lowest BCUT2D eigenvalue weighted by atomic mass is 10.2. The first-order valence-corrected chi connectivity index (χ1v) is 9.68. The van der Waals surface area contributed by atoms with E-state index in [0.717, 1.165) is 22.5 Å². The first-order valence-electron chi connectivity index (χ1n) is 8.80. The third-order valence-corrected chi connectivity index (χ3v) is 5.09. The van der Waals surface area contributed by atoms with E-state index in [1.807, 2.05) is 66.9 Å². The van der Waals surface area contributed by atoms with Crippen LogP contribution in [0.25, 0.3) is 11.3 Å². The molecule has 2 aromatic heterocycles. The number of carbonyl (C=O) groups excluding carboxylic acids is 1. The van der Waals surface area contributed by atoms with E-state index in [9.17, 15) is 4.79 Å². The molecule has 0 unspecified atom stereocenters. The fraction of sp³-hybridized carbons (Fsp3) is 0.0455. The van der Waals surface area contributed by atoms with Gasteiger partial charge < -0.3 is 0 Å². The molecule has 5 nitrogen and oxygen atoms in total. The number of hydrogen-bond donors (Lipinski definition) is 1. The number of halogens is 1. The zero-order valence-corrected chi connectivity index (χ0v) is 18.2. The summed E-state index contributed by atoms with van der Waals surface area (Å²) in [5, 5.41) is 2.00. The van der Waals surface area contributed by atoms with Crippen molar-refractivity contribution in [2.75, 3.05) is 5.43 Å². The highest BCUT2D eigenvalue weighted by Gasteiger charge is 2.12. The molecule has 1 N–H and O–H groups in total. The summed E-state index contributed by atoms with van der Waals surface area (Å²) < 4.78 is 1.75. The van der Waals surface area contributed by atoms with Crippen molar-refractivity contribution in [1.29, 1.82) is 0 Å². The first kappa shape index (κ1) is 20.7. The lowest BCUT2D eigenvalue weighted by Gasteiger charge is -2.11. The van der Waals surface area contributed by atoms with Crippen LogP contribution < -0.4 is 10.2 Å². The van der Waals surface area contributed by atoms with Gasteiger partial charge in [0.05, 0.1) is 11.4 Å². The molecular formula is C22H19BrN4OS. The molecule has 2 aromatic carbocycles. The maximum absolute atomic E-state index is 12.8. The second kappa shape index (κ2) is 9.45. The van der Waals surface area contributed by atoms with Gasteiger partial charge in [0.1, 0.15) is 0 Å². The van der Waals surface area contributed by atoms with Crippen LogP contribution in [-0.2, 0) is 0 Å². The molecule has 0 aliphatic heterocycles. The lowest BCUT2D eigenvalue weighted by Crippen LogP contribution is -2.31. The summed E-state index contributed by atoms with van der Waals surface area (Å²) in [7, 11) is 0. The monoisotopic (exact) mass is 466 g/mol. The third kappa shape index (κ3) is 4.70. The van der Waals surface area contributed by atoms with Crippen LogP contribution in [0.5, 0.6) is 0 Å². The molecule has 0 aliphatic rings. The number of para-hydroxylation sites is 1. The van der Waals surface area contributed by atoms with Gasteiger partial charge in [0.2, 0.25) is 4.80 Å². The van der Waals surface area contributed by atoms with Crippen LogP contribution in [-0.4, -0.2) is 15.6 Å². The number of amides is 1. The normalized spacial score (nSPS) is 11.0. The zero-order chi connectivity index (χ0) is 19.3. The van der Waals surface area contributed by atoms with Crippen LogP contribution in [0.15, 0.2) is 89.5 Å². The summed E-state index contributed by atoms with van der Waals surface area (Å²) in [4.78, 5) is 22.2. The van der Waals surface area contributed by atoms with Crippen molar-refractivity contribution in [2.45, 2.75) is 6.92 Å². The van der Waals surface area contributed by atoms with Crippen molar-refractivity contribution >= 4 is 39.9 Å². The molecule has 7 heteroatoms. The molecule has 0 radical (unpaired) electrons. The fourth-order valence-electron chi connectivity index (χ4n) is 2.77. The van der Waals surface area contributed by atoms with Gasteiger partial charge in [-0.2, -0.15) is 0 Å². The Kier molecular flexibility index (Phi) is 6.74. The minimum absolute atomic E-state index is 0. The summed E-state index contributed by atoms with van der Waals surface area (Å²) in [6, 6.07) is 21.2.